The number of aliphatic imine (C=N–C) groups is 1. The lowest BCUT2D eigenvalue weighted by molar-refractivity contribution is 0.100. The number of halogens is 2. The van der Waals surface area contributed by atoms with Crippen LogP contribution in [0.1, 0.15) is 22.8 Å². The molecule has 6 heteroatoms. The second kappa shape index (κ2) is 8.37. The number of carbonyl (C=O) groups is 1. The third kappa shape index (κ3) is 5.11. The Morgan fingerprint density at radius 1 is 1.24 bits per heavy atom. The molecule has 25 heavy (non-hydrogen) atoms. The van der Waals surface area contributed by atoms with Crippen LogP contribution in [0.2, 0.25) is 0 Å². The Labute approximate surface area is 146 Å². The molecule has 0 saturated carbocycles. The predicted octanol–water partition coefficient (Wildman–Crippen LogP) is 4.18. The second-order valence-corrected chi connectivity index (χ2v) is 5.72. The normalized spacial score (nSPS) is 10.9. The Balaban J connectivity index is 2.10. The number of hydrogen-bond acceptors (Lipinski definition) is 3. The van der Waals surface area contributed by atoms with Crippen molar-refractivity contribution in [1.82, 2.24) is 4.90 Å². The summed E-state index contributed by atoms with van der Waals surface area (Å²) in [6, 6.07) is 8.45. The smallest absolute Gasteiger partial charge is 0.182 e. The summed E-state index contributed by atoms with van der Waals surface area (Å²) in [5.74, 6) is -1.14. The van der Waals surface area contributed by atoms with Gasteiger partial charge in [0.2, 0.25) is 0 Å². The molecule has 0 aliphatic rings. The Hall–Kier alpha value is -2.76. The summed E-state index contributed by atoms with van der Waals surface area (Å²) in [6.45, 7) is 4.46. The molecule has 0 unspecified atom stereocenters. The minimum Gasteiger partial charge on any atom is -0.378 e. The van der Waals surface area contributed by atoms with Crippen LogP contribution in [0.3, 0.4) is 0 Å². The van der Waals surface area contributed by atoms with Gasteiger partial charge in [-0.1, -0.05) is 0 Å². The Bertz CT molecular complexity index is 773. The lowest BCUT2D eigenvalue weighted by atomic mass is 10.0. The van der Waals surface area contributed by atoms with Gasteiger partial charge in [0.1, 0.15) is 17.3 Å². The van der Waals surface area contributed by atoms with E-state index in [4.69, 9.17) is 0 Å². The highest BCUT2D eigenvalue weighted by Crippen LogP contribution is 2.23. The lowest BCUT2D eigenvalue weighted by Crippen LogP contribution is -2.16. The molecule has 1 N–H and O–H groups in total. The van der Waals surface area contributed by atoms with Gasteiger partial charge in [-0.15, -0.1) is 0 Å². The number of rotatable bonds is 7. The standard InChI is InChI=1S/C19H21F2N3O/c1-4-24(3)12-23-18-9-13(2)16(10-17(18)21)19(25)11-22-15-7-5-14(20)6-8-15/h5-10,12,22H,4,11H2,1-3H3/b23-12-. The van der Waals surface area contributed by atoms with E-state index in [1.54, 1.807) is 19.3 Å². The molecular weight excluding hydrogens is 324 g/mol. The van der Waals surface area contributed by atoms with Crippen LogP contribution < -0.4 is 5.32 Å². The fourth-order valence-electron chi connectivity index (χ4n) is 2.15. The summed E-state index contributed by atoms with van der Waals surface area (Å²) in [5, 5.41) is 2.90. The van der Waals surface area contributed by atoms with E-state index in [1.807, 2.05) is 18.9 Å². The van der Waals surface area contributed by atoms with Crippen LogP contribution in [-0.4, -0.2) is 37.2 Å². The molecule has 4 nitrogen and oxygen atoms in total. The molecule has 0 aromatic heterocycles. The highest BCUT2D eigenvalue weighted by molar-refractivity contribution is 6.00. The fraction of sp³-hybridized carbons (Fsp3) is 0.263. The van der Waals surface area contributed by atoms with E-state index in [9.17, 15) is 13.6 Å². The monoisotopic (exact) mass is 345 g/mol. The maximum absolute atomic E-state index is 14.2. The van der Waals surface area contributed by atoms with Gasteiger partial charge in [0, 0.05) is 24.8 Å². The molecule has 0 saturated heterocycles. The Kier molecular flexibility index (Phi) is 6.22. The molecule has 0 atom stereocenters. The van der Waals surface area contributed by atoms with Gasteiger partial charge < -0.3 is 10.2 Å². The molecule has 0 heterocycles. The molecular formula is C19H21F2N3O. The minimum atomic E-state index is -0.545. The van der Waals surface area contributed by atoms with Crippen LogP contribution in [-0.2, 0) is 0 Å². The highest BCUT2D eigenvalue weighted by Gasteiger charge is 2.13. The van der Waals surface area contributed by atoms with Crippen molar-refractivity contribution >= 4 is 23.5 Å². The molecule has 2 aromatic rings. The summed E-state index contributed by atoms with van der Waals surface area (Å²) >= 11 is 0. The minimum absolute atomic E-state index is 0.00685. The van der Waals surface area contributed by atoms with Crippen molar-refractivity contribution in [3.63, 3.8) is 0 Å². The largest absolute Gasteiger partial charge is 0.378 e. The molecule has 0 fully saturated rings. The molecule has 132 valence electrons. The fourth-order valence-corrected chi connectivity index (χ4v) is 2.15. The summed E-state index contributed by atoms with van der Waals surface area (Å²) < 4.78 is 27.1. The van der Waals surface area contributed by atoms with E-state index < -0.39 is 5.82 Å². The summed E-state index contributed by atoms with van der Waals surface area (Å²) in [5.41, 5.74) is 1.77. The third-order valence-corrected chi connectivity index (χ3v) is 3.78. The first-order valence-electron chi connectivity index (χ1n) is 7.98. The van der Waals surface area contributed by atoms with Gasteiger partial charge in [-0.25, -0.2) is 13.8 Å². The van der Waals surface area contributed by atoms with Crippen LogP contribution in [0.4, 0.5) is 20.2 Å². The maximum Gasteiger partial charge on any atom is 0.182 e. The number of anilines is 1. The van der Waals surface area contributed by atoms with Gasteiger partial charge in [0.05, 0.1) is 12.9 Å². The van der Waals surface area contributed by atoms with Crippen LogP contribution in [0.15, 0.2) is 41.4 Å². The van der Waals surface area contributed by atoms with Crippen molar-refractivity contribution in [2.75, 3.05) is 25.5 Å². The van der Waals surface area contributed by atoms with E-state index in [1.165, 1.54) is 30.3 Å². The van der Waals surface area contributed by atoms with Crippen molar-refractivity contribution in [3.05, 3.63) is 59.2 Å². The first kappa shape index (κ1) is 18.6. The number of Topliss-reactive ketones (excluding diaryl/α,β-unsaturated/α-hetero) is 1. The average molecular weight is 345 g/mol. The van der Waals surface area contributed by atoms with E-state index in [0.29, 0.717) is 16.8 Å². The van der Waals surface area contributed by atoms with Crippen LogP contribution >= 0.6 is 0 Å². The van der Waals surface area contributed by atoms with Crippen molar-refractivity contribution in [3.8, 4) is 0 Å². The molecule has 0 spiro atoms. The second-order valence-electron chi connectivity index (χ2n) is 5.72. The first-order chi connectivity index (χ1) is 11.9. The predicted molar refractivity (Wildman–Crippen MR) is 96.8 cm³/mol. The number of nitrogens with zero attached hydrogens (tertiary/aromatic N) is 2. The van der Waals surface area contributed by atoms with Crippen molar-refractivity contribution in [1.29, 1.82) is 0 Å². The average Bonchev–Trinajstić information content (AvgIpc) is 2.61. The SMILES string of the molecule is CCN(C)/C=N\c1cc(C)c(C(=O)CNc2ccc(F)cc2)cc1F. The number of aryl methyl sites for hydroxylation is 1. The first-order valence-corrected chi connectivity index (χ1v) is 7.98. The summed E-state index contributed by atoms with van der Waals surface area (Å²) in [6.07, 6.45) is 1.55. The zero-order valence-corrected chi connectivity index (χ0v) is 14.5. The van der Waals surface area contributed by atoms with Gasteiger partial charge in [0.25, 0.3) is 0 Å². The molecule has 0 bridgehead atoms. The van der Waals surface area contributed by atoms with Crippen LogP contribution in [0, 0.1) is 18.6 Å². The van der Waals surface area contributed by atoms with Gasteiger partial charge in [-0.3, -0.25) is 4.79 Å². The van der Waals surface area contributed by atoms with Gasteiger partial charge in [-0.05, 0) is 55.8 Å². The molecule has 0 aliphatic carbocycles. The van der Waals surface area contributed by atoms with Crippen molar-refractivity contribution in [2.45, 2.75) is 13.8 Å². The number of hydrogen-bond donors (Lipinski definition) is 1. The number of carbonyl (C=O) groups excluding carboxylic acids is 1. The van der Waals surface area contributed by atoms with Crippen LogP contribution in [0.5, 0.6) is 0 Å². The van der Waals surface area contributed by atoms with Crippen molar-refractivity contribution < 1.29 is 13.6 Å². The molecule has 0 amide bonds. The molecule has 0 aliphatic heterocycles. The van der Waals surface area contributed by atoms with Crippen LogP contribution in [0.25, 0.3) is 0 Å². The van der Waals surface area contributed by atoms with E-state index in [0.717, 1.165) is 6.54 Å². The van der Waals surface area contributed by atoms with Gasteiger partial charge in [-0.2, -0.15) is 0 Å². The summed E-state index contributed by atoms with van der Waals surface area (Å²) in [4.78, 5) is 18.3. The van der Waals surface area contributed by atoms with E-state index >= 15 is 0 Å². The quantitative estimate of drug-likeness (QED) is 0.465. The number of nitrogens with one attached hydrogen (secondary N) is 1. The molecule has 2 rings (SSSR count). The third-order valence-electron chi connectivity index (χ3n) is 3.78. The Morgan fingerprint density at radius 3 is 2.56 bits per heavy atom. The van der Waals surface area contributed by atoms with E-state index in [2.05, 4.69) is 10.3 Å². The zero-order chi connectivity index (χ0) is 18.4. The Morgan fingerprint density at radius 2 is 1.92 bits per heavy atom. The number of benzene rings is 2. The maximum atomic E-state index is 14.2. The van der Waals surface area contributed by atoms with Gasteiger partial charge >= 0.3 is 0 Å². The number of ketones is 1. The van der Waals surface area contributed by atoms with E-state index in [-0.39, 0.29) is 23.8 Å². The van der Waals surface area contributed by atoms with Gasteiger partial charge in [0.15, 0.2) is 5.78 Å². The zero-order valence-electron chi connectivity index (χ0n) is 14.5. The summed E-state index contributed by atoms with van der Waals surface area (Å²) in [7, 11) is 1.84. The molecule has 0 radical (unpaired) electrons. The topological polar surface area (TPSA) is 44.7 Å². The molecule has 2 aromatic carbocycles. The van der Waals surface area contributed by atoms with Crippen molar-refractivity contribution in [2.24, 2.45) is 4.99 Å². The highest BCUT2D eigenvalue weighted by atomic mass is 19.1. The lowest BCUT2D eigenvalue weighted by Gasteiger charge is -2.11.